The van der Waals surface area contributed by atoms with E-state index in [0.29, 0.717) is 13.2 Å². The quantitative estimate of drug-likeness (QED) is 0.712. The third-order valence-corrected chi connectivity index (χ3v) is 5.46. The number of ether oxygens (including phenoxy) is 2. The van der Waals surface area contributed by atoms with Crippen LogP contribution in [0.4, 0.5) is 0 Å². The fraction of sp³-hybridized carbons (Fsp3) is 0.650. The Labute approximate surface area is 162 Å². The molecule has 0 saturated carbocycles. The van der Waals surface area contributed by atoms with Gasteiger partial charge in [-0.1, -0.05) is 24.3 Å². The van der Waals surface area contributed by atoms with Crippen LogP contribution in [0.1, 0.15) is 49.3 Å². The Kier molecular flexibility index (Phi) is 8.35. The van der Waals surface area contributed by atoms with Gasteiger partial charge in [-0.05, 0) is 62.7 Å². The highest BCUT2D eigenvalue weighted by Crippen LogP contribution is 2.32. The topological polar surface area (TPSA) is 59.6 Å². The van der Waals surface area contributed by atoms with E-state index >= 15 is 0 Å². The Balaban J connectivity index is 0.00000243. The van der Waals surface area contributed by atoms with Crippen molar-refractivity contribution in [3.63, 3.8) is 0 Å². The second-order valence-electron chi connectivity index (χ2n) is 7.01. The summed E-state index contributed by atoms with van der Waals surface area (Å²) in [6.07, 6.45) is 5.90. The lowest BCUT2D eigenvalue weighted by Gasteiger charge is -2.34. The second-order valence-corrected chi connectivity index (χ2v) is 7.01. The van der Waals surface area contributed by atoms with Crippen molar-refractivity contribution in [2.24, 2.45) is 0 Å². The summed E-state index contributed by atoms with van der Waals surface area (Å²) in [6.45, 7) is 2.95. The summed E-state index contributed by atoms with van der Waals surface area (Å²) in [5.74, 6) is 0.0134. The summed E-state index contributed by atoms with van der Waals surface area (Å²) in [7, 11) is 1.63. The number of benzene rings is 1. The first kappa shape index (κ1) is 21.2. The molecule has 1 fully saturated rings. The van der Waals surface area contributed by atoms with Crippen LogP contribution in [0, 0.1) is 0 Å². The minimum atomic E-state index is -0.658. The van der Waals surface area contributed by atoms with Crippen molar-refractivity contribution < 1.29 is 14.3 Å². The number of halogens is 1. The molecule has 1 atom stereocenters. The Morgan fingerprint density at radius 1 is 1.31 bits per heavy atom. The maximum Gasteiger partial charge on any atom is 0.252 e. The minimum absolute atomic E-state index is 0. The smallest absolute Gasteiger partial charge is 0.252 e. The van der Waals surface area contributed by atoms with E-state index in [9.17, 15) is 4.79 Å². The SMILES string of the molecule is COC1(C(=O)NCCCOC2CCCc3ccccc32)CCNCC1.Cl. The molecule has 1 unspecified atom stereocenters. The van der Waals surface area contributed by atoms with Gasteiger partial charge in [0.15, 0.2) is 0 Å². The van der Waals surface area contributed by atoms with Crippen LogP contribution in [-0.2, 0) is 20.7 Å². The lowest BCUT2D eigenvalue weighted by molar-refractivity contribution is -0.146. The van der Waals surface area contributed by atoms with Gasteiger partial charge >= 0.3 is 0 Å². The van der Waals surface area contributed by atoms with E-state index in [-0.39, 0.29) is 24.4 Å². The van der Waals surface area contributed by atoms with Gasteiger partial charge in [0.2, 0.25) is 0 Å². The van der Waals surface area contributed by atoms with Gasteiger partial charge in [0, 0.05) is 20.3 Å². The molecule has 0 aromatic heterocycles. The monoisotopic (exact) mass is 382 g/mol. The zero-order valence-corrected chi connectivity index (χ0v) is 16.4. The zero-order valence-electron chi connectivity index (χ0n) is 15.6. The Hall–Kier alpha value is -1.14. The van der Waals surface area contributed by atoms with Gasteiger partial charge in [-0.2, -0.15) is 0 Å². The second kappa shape index (κ2) is 10.3. The van der Waals surface area contributed by atoms with Gasteiger partial charge in [0.05, 0.1) is 6.10 Å². The van der Waals surface area contributed by atoms with Crippen LogP contribution >= 0.6 is 12.4 Å². The van der Waals surface area contributed by atoms with E-state index in [2.05, 4.69) is 34.9 Å². The third-order valence-electron chi connectivity index (χ3n) is 5.46. The highest BCUT2D eigenvalue weighted by atomic mass is 35.5. The number of carbonyl (C=O) groups excluding carboxylic acids is 1. The van der Waals surface area contributed by atoms with Crippen molar-refractivity contribution in [2.75, 3.05) is 33.4 Å². The van der Waals surface area contributed by atoms with Crippen molar-refractivity contribution in [3.8, 4) is 0 Å². The van der Waals surface area contributed by atoms with Crippen LogP contribution in [0.3, 0.4) is 0 Å². The van der Waals surface area contributed by atoms with Crippen LogP contribution in [0.5, 0.6) is 0 Å². The molecule has 1 heterocycles. The molecule has 1 aromatic rings. The highest BCUT2D eigenvalue weighted by molar-refractivity contribution is 5.85. The molecule has 5 nitrogen and oxygen atoms in total. The Morgan fingerprint density at radius 3 is 2.85 bits per heavy atom. The predicted octanol–water partition coefficient (Wildman–Crippen LogP) is 2.78. The first-order valence-corrected chi connectivity index (χ1v) is 9.49. The van der Waals surface area contributed by atoms with E-state index in [1.807, 2.05) is 0 Å². The van der Waals surface area contributed by atoms with Crippen molar-refractivity contribution in [1.29, 1.82) is 0 Å². The molecule has 0 spiro atoms. The number of carbonyl (C=O) groups is 1. The number of piperidine rings is 1. The molecule has 0 radical (unpaired) electrons. The molecule has 1 aliphatic carbocycles. The molecule has 1 aliphatic heterocycles. The molecule has 6 heteroatoms. The average molecular weight is 383 g/mol. The lowest BCUT2D eigenvalue weighted by Crippen LogP contribution is -2.54. The maximum atomic E-state index is 12.5. The largest absolute Gasteiger partial charge is 0.373 e. The molecule has 26 heavy (non-hydrogen) atoms. The first-order chi connectivity index (χ1) is 12.2. The zero-order chi connectivity index (χ0) is 17.5. The van der Waals surface area contributed by atoms with Crippen LogP contribution in [0.15, 0.2) is 24.3 Å². The number of methoxy groups -OCH3 is 1. The number of fused-ring (bicyclic) bond motifs is 1. The first-order valence-electron chi connectivity index (χ1n) is 9.49. The van der Waals surface area contributed by atoms with E-state index < -0.39 is 5.60 Å². The maximum absolute atomic E-state index is 12.5. The number of rotatable bonds is 7. The molecule has 0 bridgehead atoms. The predicted molar refractivity (Wildman–Crippen MR) is 105 cm³/mol. The average Bonchev–Trinajstić information content (AvgIpc) is 2.68. The van der Waals surface area contributed by atoms with Gasteiger partial charge < -0.3 is 20.1 Å². The minimum Gasteiger partial charge on any atom is -0.373 e. The summed E-state index contributed by atoms with van der Waals surface area (Å²) in [5, 5.41) is 6.30. The van der Waals surface area contributed by atoms with Gasteiger partial charge in [-0.3, -0.25) is 4.79 Å². The number of hydrogen-bond donors (Lipinski definition) is 2. The van der Waals surface area contributed by atoms with Crippen molar-refractivity contribution in [3.05, 3.63) is 35.4 Å². The number of amides is 1. The fourth-order valence-corrected chi connectivity index (χ4v) is 3.90. The standard InChI is InChI=1S/C20H30N2O3.ClH/c1-24-20(10-13-21-14-11-20)19(23)22-12-5-15-25-18-9-4-7-16-6-2-3-8-17(16)18;/h2-3,6,8,18,21H,4-5,7,9-15H2,1H3,(H,22,23);1H. The van der Waals surface area contributed by atoms with Crippen molar-refractivity contribution >= 4 is 18.3 Å². The third kappa shape index (κ3) is 4.97. The Morgan fingerprint density at radius 2 is 2.08 bits per heavy atom. The molecular weight excluding hydrogens is 352 g/mol. The summed E-state index contributed by atoms with van der Waals surface area (Å²) >= 11 is 0. The number of aryl methyl sites for hydroxylation is 1. The van der Waals surface area contributed by atoms with Gasteiger partial charge in [-0.25, -0.2) is 0 Å². The normalized spacial score (nSPS) is 21.3. The highest BCUT2D eigenvalue weighted by Gasteiger charge is 2.39. The van der Waals surface area contributed by atoms with Crippen LogP contribution < -0.4 is 10.6 Å². The van der Waals surface area contributed by atoms with E-state index in [4.69, 9.17) is 9.47 Å². The van der Waals surface area contributed by atoms with Crippen molar-refractivity contribution in [2.45, 2.75) is 50.2 Å². The molecule has 2 aliphatic rings. The van der Waals surface area contributed by atoms with Crippen molar-refractivity contribution in [1.82, 2.24) is 10.6 Å². The molecule has 2 N–H and O–H groups in total. The van der Waals surface area contributed by atoms with Gasteiger partial charge in [0.25, 0.3) is 5.91 Å². The molecule has 146 valence electrons. The molecule has 3 rings (SSSR count). The molecule has 1 amide bonds. The van der Waals surface area contributed by atoms with Crippen LogP contribution in [-0.4, -0.2) is 44.9 Å². The summed E-state index contributed by atoms with van der Waals surface area (Å²) in [4.78, 5) is 12.5. The fourth-order valence-electron chi connectivity index (χ4n) is 3.90. The van der Waals surface area contributed by atoms with Crippen LogP contribution in [0.2, 0.25) is 0 Å². The van der Waals surface area contributed by atoms with Gasteiger partial charge in [-0.15, -0.1) is 12.4 Å². The molecule has 1 saturated heterocycles. The summed E-state index contributed by atoms with van der Waals surface area (Å²) in [6, 6.07) is 8.57. The van der Waals surface area contributed by atoms with E-state index in [1.165, 1.54) is 17.5 Å². The number of hydrogen-bond acceptors (Lipinski definition) is 4. The van der Waals surface area contributed by atoms with E-state index in [1.54, 1.807) is 7.11 Å². The van der Waals surface area contributed by atoms with Gasteiger partial charge in [0.1, 0.15) is 5.60 Å². The Bertz CT molecular complexity index is 576. The van der Waals surface area contributed by atoms with E-state index in [0.717, 1.165) is 45.2 Å². The summed E-state index contributed by atoms with van der Waals surface area (Å²) in [5.41, 5.74) is 2.10. The number of nitrogens with one attached hydrogen (secondary N) is 2. The van der Waals surface area contributed by atoms with Crippen LogP contribution in [0.25, 0.3) is 0 Å². The lowest BCUT2D eigenvalue weighted by atomic mass is 9.89. The summed E-state index contributed by atoms with van der Waals surface area (Å²) < 4.78 is 11.6. The molecule has 1 aromatic carbocycles. The molecular formula is C20H31ClN2O3.